The summed E-state index contributed by atoms with van der Waals surface area (Å²) in [6.45, 7) is 7.39. The highest BCUT2D eigenvalue weighted by molar-refractivity contribution is 5.96. The predicted octanol–water partition coefficient (Wildman–Crippen LogP) is 3.20. The summed E-state index contributed by atoms with van der Waals surface area (Å²) in [5.74, 6) is -0.354. The molecule has 2 saturated heterocycles. The summed E-state index contributed by atoms with van der Waals surface area (Å²) in [6, 6.07) is 12.4. The Hall–Kier alpha value is -3.12. The molecule has 5 N–H and O–H groups in total. The summed E-state index contributed by atoms with van der Waals surface area (Å²) in [4.78, 5) is 15.1. The number of aromatic nitrogens is 1. The van der Waals surface area contributed by atoms with Gasteiger partial charge in [-0.2, -0.15) is 0 Å². The maximum absolute atomic E-state index is 12.7. The van der Waals surface area contributed by atoms with Crippen LogP contribution in [0.15, 0.2) is 48.7 Å². The van der Waals surface area contributed by atoms with Crippen LogP contribution in [-0.4, -0.2) is 73.1 Å². The molecule has 0 aliphatic carbocycles. The molecule has 40 heavy (non-hydrogen) atoms. The molecule has 1 aromatic heterocycles. The lowest BCUT2D eigenvalue weighted by molar-refractivity contribution is -0.274. The molecule has 8 nitrogen and oxygen atoms in total. The van der Waals surface area contributed by atoms with Crippen molar-refractivity contribution < 1.29 is 22.7 Å². The SMILES string of the molecule is NC1(C(=O)NCCCn2cc(-c3ccc(OC(F)(F)F)cc3)c3cc(CN4CCNCC4)ccc32)CCNCC1. The van der Waals surface area contributed by atoms with E-state index in [0.29, 0.717) is 32.4 Å². The normalized spacial score (nSPS) is 18.1. The predicted molar refractivity (Wildman–Crippen MR) is 149 cm³/mol. The Labute approximate surface area is 232 Å². The second kappa shape index (κ2) is 12.2. The summed E-state index contributed by atoms with van der Waals surface area (Å²) in [7, 11) is 0. The number of rotatable bonds is 9. The van der Waals surface area contributed by atoms with Crippen LogP contribution < -0.4 is 26.4 Å². The van der Waals surface area contributed by atoms with E-state index in [4.69, 9.17) is 5.73 Å². The Balaban J connectivity index is 1.34. The van der Waals surface area contributed by atoms with Gasteiger partial charge < -0.3 is 31.0 Å². The van der Waals surface area contributed by atoms with Gasteiger partial charge >= 0.3 is 6.36 Å². The van der Waals surface area contributed by atoms with Crippen molar-refractivity contribution in [1.82, 2.24) is 25.4 Å². The number of aryl methyl sites for hydroxylation is 1. The number of ether oxygens (including phenoxy) is 1. The third kappa shape index (κ3) is 6.95. The first-order valence-electron chi connectivity index (χ1n) is 13.9. The zero-order chi connectivity index (χ0) is 28.2. The maximum Gasteiger partial charge on any atom is 0.573 e. The Kier molecular flexibility index (Phi) is 8.65. The van der Waals surface area contributed by atoms with Crippen LogP contribution in [0.3, 0.4) is 0 Å². The fourth-order valence-corrected chi connectivity index (χ4v) is 5.55. The van der Waals surface area contributed by atoms with Crippen molar-refractivity contribution in [2.75, 3.05) is 45.8 Å². The molecule has 3 aromatic rings. The van der Waals surface area contributed by atoms with E-state index < -0.39 is 11.9 Å². The van der Waals surface area contributed by atoms with Crippen LogP contribution in [0.2, 0.25) is 0 Å². The quantitative estimate of drug-likeness (QED) is 0.302. The van der Waals surface area contributed by atoms with Gasteiger partial charge in [0.05, 0.1) is 5.54 Å². The third-order valence-corrected chi connectivity index (χ3v) is 7.77. The lowest BCUT2D eigenvalue weighted by atomic mass is 9.88. The number of nitrogens with one attached hydrogen (secondary N) is 3. The standard InChI is InChI=1S/C29H37F3N6O2/c30-29(31,32)40-23-5-3-22(4-6-23)25-20-38(15-1-10-36-27(39)28(33)8-11-34-12-9-28)26-7-2-21(18-24(25)26)19-37-16-13-35-14-17-37/h2-7,18,20,34-35H,1,8-17,19,33H2,(H,36,39). The summed E-state index contributed by atoms with van der Waals surface area (Å²) in [6.07, 6.45) is -0.744. The fraction of sp³-hybridized carbons (Fsp3) is 0.483. The number of piperazine rings is 1. The summed E-state index contributed by atoms with van der Waals surface area (Å²) in [5.41, 5.74) is 9.48. The zero-order valence-corrected chi connectivity index (χ0v) is 22.5. The number of hydrogen-bond acceptors (Lipinski definition) is 6. The first-order valence-corrected chi connectivity index (χ1v) is 13.9. The number of amides is 1. The molecule has 0 radical (unpaired) electrons. The largest absolute Gasteiger partial charge is 0.573 e. The molecule has 0 saturated carbocycles. The molecule has 0 bridgehead atoms. The number of fused-ring (bicyclic) bond motifs is 1. The summed E-state index contributed by atoms with van der Waals surface area (Å²) >= 11 is 0. The number of carbonyl (C=O) groups excluding carboxylic acids is 1. The van der Waals surface area contributed by atoms with Crippen LogP contribution in [0.1, 0.15) is 24.8 Å². The van der Waals surface area contributed by atoms with Crippen molar-refractivity contribution in [2.45, 2.75) is 44.3 Å². The Morgan fingerprint density at radius 1 is 1.02 bits per heavy atom. The second-order valence-electron chi connectivity index (χ2n) is 10.7. The number of hydrogen-bond donors (Lipinski definition) is 4. The van der Waals surface area contributed by atoms with Crippen LogP contribution in [0.25, 0.3) is 22.0 Å². The molecular formula is C29H37F3N6O2. The van der Waals surface area contributed by atoms with Crippen LogP contribution in [0.4, 0.5) is 13.2 Å². The smallest absolute Gasteiger partial charge is 0.406 e. The van der Waals surface area contributed by atoms with E-state index in [9.17, 15) is 18.0 Å². The minimum Gasteiger partial charge on any atom is -0.406 e. The first-order chi connectivity index (χ1) is 19.2. The van der Waals surface area contributed by atoms with Crippen molar-refractivity contribution in [3.05, 3.63) is 54.2 Å². The lowest BCUT2D eigenvalue weighted by Crippen LogP contribution is -2.59. The number of halogens is 3. The average molecular weight is 559 g/mol. The summed E-state index contributed by atoms with van der Waals surface area (Å²) in [5, 5.41) is 10.6. The van der Waals surface area contributed by atoms with E-state index >= 15 is 0 Å². The fourth-order valence-electron chi connectivity index (χ4n) is 5.55. The molecule has 11 heteroatoms. The Morgan fingerprint density at radius 2 is 1.73 bits per heavy atom. The first kappa shape index (κ1) is 28.4. The average Bonchev–Trinajstić information content (AvgIpc) is 3.29. The minimum absolute atomic E-state index is 0.106. The van der Waals surface area contributed by atoms with Crippen LogP contribution >= 0.6 is 0 Å². The van der Waals surface area contributed by atoms with E-state index in [1.807, 2.05) is 6.20 Å². The number of alkyl halides is 3. The van der Waals surface area contributed by atoms with Crippen LogP contribution in [0.5, 0.6) is 5.75 Å². The van der Waals surface area contributed by atoms with Crippen molar-refractivity contribution in [3.63, 3.8) is 0 Å². The second-order valence-corrected chi connectivity index (χ2v) is 10.7. The van der Waals surface area contributed by atoms with Crippen molar-refractivity contribution in [2.24, 2.45) is 5.73 Å². The van der Waals surface area contributed by atoms with Gasteiger partial charge in [-0.1, -0.05) is 18.2 Å². The van der Waals surface area contributed by atoms with E-state index in [2.05, 4.69) is 48.4 Å². The van der Waals surface area contributed by atoms with Crippen molar-refractivity contribution in [3.8, 4) is 16.9 Å². The van der Waals surface area contributed by atoms with Gasteiger partial charge in [-0.3, -0.25) is 9.69 Å². The number of nitrogens with two attached hydrogens (primary N) is 1. The molecule has 2 aliphatic heterocycles. The minimum atomic E-state index is -4.73. The topological polar surface area (TPSA) is 96.6 Å². The highest BCUT2D eigenvalue weighted by Gasteiger charge is 2.35. The van der Waals surface area contributed by atoms with Gasteiger partial charge in [0, 0.05) is 68.5 Å². The zero-order valence-electron chi connectivity index (χ0n) is 22.5. The third-order valence-electron chi connectivity index (χ3n) is 7.77. The number of carbonyl (C=O) groups is 1. The molecule has 1 amide bonds. The molecule has 0 atom stereocenters. The highest BCUT2D eigenvalue weighted by Crippen LogP contribution is 2.34. The van der Waals surface area contributed by atoms with Crippen LogP contribution in [0, 0.1) is 0 Å². The van der Waals surface area contributed by atoms with Gasteiger partial charge in [-0.25, -0.2) is 0 Å². The van der Waals surface area contributed by atoms with Gasteiger partial charge in [-0.05, 0) is 67.7 Å². The highest BCUT2D eigenvalue weighted by atomic mass is 19.4. The van der Waals surface area contributed by atoms with E-state index in [1.54, 1.807) is 12.1 Å². The van der Waals surface area contributed by atoms with Crippen molar-refractivity contribution >= 4 is 16.8 Å². The van der Waals surface area contributed by atoms with Gasteiger partial charge in [0.2, 0.25) is 5.91 Å². The van der Waals surface area contributed by atoms with Crippen LogP contribution in [-0.2, 0) is 17.9 Å². The molecule has 2 aliphatic rings. The number of benzene rings is 2. The molecule has 2 aromatic carbocycles. The molecule has 3 heterocycles. The number of piperidine rings is 1. The maximum atomic E-state index is 12.7. The molecule has 216 valence electrons. The molecule has 0 spiro atoms. The Bertz CT molecular complexity index is 1300. The monoisotopic (exact) mass is 558 g/mol. The van der Waals surface area contributed by atoms with E-state index in [0.717, 1.165) is 67.8 Å². The molecule has 5 rings (SSSR count). The van der Waals surface area contributed by atoms with Gasteiger partial charge in [0.1, 0.15) is 5.75 Å². The van der Waals surface area contributed by atoms with E-state index in [-0.39, 0.29) is 11.7 Å². The van der Waals surface area contributed by atoms with Gasteiger partial charge in [-0.15, -0.1) is 13.2 Å². The summed E-state index contributed by atoms with van der Waals surface area (Å²) < 4.78 is 44.2. The van der Waals surface area contributed by atoms with Gasteiger partial charge in [0.15, 0.2) is 0 Å². The number of nitrogens with zero attached hydrogens (tertiary/aromatic N) is 2. The Morgan fingerprint density at radius 3 is 2.42 bits per heavy atom. The molecular weight excluding hydrogens is 521 g/mol. The molecule has 0 unspecified atom stereocenters. The lowest BCUT2D eigenvalue weighted by Gasteiger charge is -2.32. The van der Waals surface area contributed by atoms with Gasteiger partial charge in [0.25, 0.3) is 0 Å². The molecule has 2 fully saturated rings. The van der Waals surface area contributed by atoms with E-state index in [1.165, 1.54) is 17.7 Å². The van der Waals surface area contributed by atoms with Crippen molar-refractivity contribution in [1.29, 1.82) is 0 Å².